The number of nitrogens with zero attached hydrogens (tertiary/aromatic N) is 3. The number of ether oxygens (including phenoxy) is 2. The molecule has 1 atom stereocenters. The van der Waals surface area contributed by atoms with Crippen molar-refractivity contribution < 1.29 is 23.8 Å². The number of benzene rings is 2. The van der Waals surface area contributed by atoms with Gasteiger partial charge in [-0.3, -0.25) is 19.3 Å². The third-order valence-electron chi connectivity index (χ3n) is 5.98. The number of hydrogen-bond acceptors (Lipinski definition) is 6. The van der Waals surface area contributed by atoms with E-state index in [4.69, 9.17) is 9.47 Å². The minimum absolute atomic E-state index is 0.0697. The van der Waals surface area contributed by atoms with Crippen molar-refractivity contribution in [3.8, 4) is 17.2 Å². The molecule has 3 heterocycles. The Bertz CT molecular complexity index is 1350. The Hall–Kier alpha value is -4.27. The SMILES string of the molecule is COc1ccccc1[C@@H]1c2cccc(F)c2OC/C=C\CN2CN1n1ccc(=O)c(O)c1C2=O. The van der Waals surface area contributed by atoms with Gasteiger partial charge in [0.1, 0.15) is 25.1 Å². The molecule has 2 aliphatic rings. The molecule has 2 aromatic carbocycles. The van der Waals surface area contributed by atoms with Gasteiger partial charge in [-0.1, -0.05) is 36.4 Å². The summed E-state index contributed by atoms with van der Waals surface area (Å²) in [4.78, 5) is 27.0. The maximum absolute atomic E-state index is 15.0. The number of methoxy groups -OCH3 is 1. The highest BCUT2D eigenvalue weighted by Crippen LogP contribution is 2.41. The van der Waals surface area contributed by atoms with E-state index in [0.29, 0.717) is 16.9 Å². The lowest BCUT2D eigenvalue weighted by molar-refractivity contribution is 0.0701. The van der Waals surface area contributed by atoms with Crippen LogP contribution in [-0.4, -0.2) is 47.5 Å². The van der Waals surface area contributed by atoms with Crippen molar-refractivity contribution in [3.63, 3.8) is 0 Å². The summed E-state index contributed by atoms with van der Waals surface area (Å²) in [5, 5.41) is 12.3. The fourth-order valence-electron chi connectivity index (χ4n) is 4.41. The van der Waals surface area contributed by atoms with Gasteiger partial charge in [-0.25, -0.2) is 4.39 Å². The number of amides is 1. The number of halogens is 1. The van der Waals surface area contributed by atoms with Crippen LogP contribution in [0.3, 0.4) is 0 Å². The Morgan fingerprint density at radius 2 is 1.85 bits per heavy atom. The van der Waals surface area contributed by atoms with E-state index in [1.165, 1.54) is 27.9 Å². The summed E-state index contributed by atoms with van der Waals surface area (Å²) in [6.45, 7) is 0.403. The summed E-state index contributed by atoms with van der Waals surface area (Å²) >= 11 is 0. The topological polar surface area (TPSA) is 84.2 Å². The van der Waals surface area contributed by atoms with Crippen molar-refractivity contribution >= 4 is 5.91 Å². The summed E-state index contributed by atoms with van der Waals surface area (Å²) in [7, 11) is 1.54. The normalized spacial score (nSPS) is 18.3. The van der Waals surface area contributed by atoms with Gasteiger partial charge in [-0.15, -0.1) is 0 Å². The largest absolute Gasteiger partial charge is 0.502 e. The molecule has 0 unspecified atom stereocenters. The minimum atomic E-state index is -0.698. The lowest BCUT2D eigenvalue weighted by Gasteiger charge is -2.44. The first kappa shape index (κ1) is 21.6. The number of hydrogen-bond donors (Lipinski definition) is 1. The van der Waals surface area contributed by atoms with Crippen molar-refractivity contribution in [1.29, 1.82) is 0 Å². The highest BCUT2D eigenvalue weighted by Gasteiger charge is 2.38. The van der Waals surface area contributed by atoms with Crippen molar-refractivity contribution in [1.82, 2.24) is 9.58 Å². The first-order valence-corrected chi connectivity index (χ1v) is 10.7. The number of carbonyl (C=O) groups is 1. The molecule has 2 aliphatic heterocycles. The summed E-state index contributed by atoms with van der Waals surface area (Å²) in [6, 6.07) is 12.4. The minimum Gasteiger partial charge on any atom is -0.502 e. The number of aromatic hydroxyl groups is 1. The Labute approximate surface area is 194 Å². The second-order valence-electron chi connectivity index (χ2n) is 7.92. The van der Waals surface area contributed by atoms with E-state index in [0.717, 1.165) is 0 Å². The van der Waals surface area contributed by atoms with Gasteiger partial charge < -0.3 is 19.5 Å². The number of para-hydroxylation sites is 2. The molecule has 8 nitrogen and oxygen atoms in total. The first-order valence-electron chi connectivity index (χ1n) is 10.7. The van der Waals surface area contributed by atoms with Crippen LogP contribution in [0.5, 0.6) is 17.2 Å². The molecule has 0 fully saturated rings. The van der Waals surface area contributed by atoms with Crippen LogP contribution >= 0.6 is 0 Å². The van der Waals surface area contributed by atoms with Crippen molar-refractivity contribution in [2.45, 2.75) is 6.04 Å². The van der Waals surface area contributed by atoms with Gasteiger partial charge in [0.05, 0.1) is 7.11 Å². The van der Waals surface area contributed by atoms with Crippen molar-refractivity contribution in [3.05, 3.63) is 99.7 Å². The van der Waals surface area contributed by atoms with E-state index in [1.54, 1.807) is 42.5 Å². The average molecular weight is 463 g/mol. The number of aromatic nitrogens is 1. The fourth-order valence-corrected chi connectivity index (χ4v) is 4.41. The van der Waals surface area contributed by atoms with E-state index >= 15 is 4.39 Å². The molecule has 0 spiro atoms. The van der Waals surface area contributed by atoms with Crippen LogP contribution in [0.4, 0.5) is 4.39 Å². The number of carbonyl (C=O) groups excluding carboxylic acids is 1. The summed E-state index contributed by atoms with van der Waals surface area (Å²) in [6.07, 6.45) is 4.86. The predicted octanol–water partition coefficient (Wildman–Crippen LogP) is 2.79. The zero-order chi connectivity index (χ0) is 23.8. The lowest BCUT2D eigenvalue weighted by atomic mass is 9.95. The monoisotopic (exact) mass is 463 g/mol. The van der Waals surface area contributed by atoms with Gasteiger partial charge in [0, 0.05) is 29.9 Å². The molecule has 3 aromatic rings. The maximum Gasteiger partial charge on any atom is 0.278 e. The Balaban J connectivity index is 1.84. The molecule has 9 heteroatoms. The molecular formula is C25H22FN3O5. The van der Waals surface area contributed by atoms with Crippen LogP contribution in [0.2, 0.25) is 0 Å². The van der Waals surface area contributed by atoms with Gasteiger partial charge >= 0.3 is 0 Å². The van der Waals surface area contributed by atoms with E-state index in [1.807, 2.05) is 18.2 Å². The maximum atomic E-state index is 15.0. The molecule has 0 saturated heterocycles. The smallest absolute Gasteiger partial charge is 0.278 e. The third kappa shape index (κ3) is 3.45. The zero-order valence-corrected chi connectivity index (χ0v) is 18.3. The third-order valence-corrected chi connectivity index (χ3v) is 5.98. The van der Waals surface area contributed by atoms with Crippen LogP contribution in [0.25, 0.3) is 0 Å². The lowest BCUT2D eigenvalue weighted by Crippen LogP contribution is -2.55. The van der Waals surface area contributed by atoms with E-state index < -0.39 is 28.9 Å². The number of rotatable bonds is 2. The summed E-state index contributed by atoms with van der Waals surface area (Å²) in [5.41, 5.74) is 0.361. The van der Waals surface area contributed by atoms with Gasteiger partial charge in [0.15, 0.2) is 23.0 Å². The molecule has 0 aliphatic carbocycles. The second kappa shape index (κ2) is 8.58. The highest BCUT2D eigenvalue weighted by atomic mass is 19.1. The Morgan fingerprint density at radius 1 is 1.06 bits per heavy atom. The molecular weight excluding hydrogens is 441 g/mol. The molecule has 5 rings (SSSR count). The van der Waals surface area contributed by atoms with Gasteiger partial charge in [0.25, 0.3) is 5.91 Å². The average Bonchev–Trinajstić information content (AvgIpc) is 2.87. The second-order valence-corrected chi connectivity index (χ2v) is 7.92. The highest BCUT2D eigenvalue weighted by molar-refractivity contribution is 5.96. The van der Waals surface area contributed by atoms with Gasteiger partial charge in [-0.05, 0) is 18.2 Å². The van der Waals surface area contributed by atoms with Crippen molar-refractivity contribution in [2.75, 3.05) is 31.9 Å². The number of pyridine rings is 1. The number of fused-ring (bicyclic) bond motifs is 5. The molecule has 174 valence electrons. The molecule has 1 amide bonds. The van der Waals surface area contributed by atoms with Crippen LogP contribution in [0, 0.1) is 5.82 Å². The van der Waals surface area contributed by atoms with Gasteiger partial charge in [0.2, 0.25) is 5.43 Å². The van der Waals surface area contributed by atoms with E-state index in [2.05, 4.69) is 0 Å². The summed E-state index contributed by atoms with van der Waals surface area (Å²) < 4.78 is 27.9. The molecule has 2 bridgehead atoms. The quantitative estimate of drug-likeness (QED) is 0.589. The zero-order valence-electron chi connectivity index (χ0n) is 18.3. The first-order chi connectivity index (χ1) is 16.5. The van der Waals surface area contributed by atoms with Crippen LogP contribution in [0.1, 0.15) is 27.7 Å². The molecule has 1 N–H and O–H groups in total. The molecule has 0 radical (unpaired) electrons. The van der Waals surface area contributed by atoms with Crippen molar-refractivity contribution in [2.24, 2.45) is 0 Å². The Kier molecular flexibility index (Phi) is 5.45. The van der Waals surface area contributed by atoms with Gasteiger partial charge in [-0.2, -0.15) is 0 Å². The van der Waals surface area contributed by atoms with Crippen LogP contribution in [0.15, 0.2) is 71.7 Å². The summed E-state index contributed by atoms with van der Waals surface area (Å²) in [5.74, 6) is -1.05. The van der Waals surface area contributed by atoms with E-state index in [9.17, 15) is 14.7 Å². The molecule has 34 heavy (non-hydrogen) atoms. The van der Waals surface area contributed by atoms with Crippen LogP contribution in [-0.2, 0) is 0 Å². The van der Waals surface area contributed by atoms with E-state index in [-0.39, 0.29) is 31.3 Å². The Morgan fingerprint density at radius 3 is 2.68 bits per heavy atom. The predicted molar refractivity (Wildman–Crippen MR) is 122 cm³/mol. The van der Waals surface area contributed by atoms with Crippen LogP contribution < -0.4 is 19.9 Å². The molecule has 0 saturated carbocycles. The standard InChI is InChI=1S/C25H22FN3O5/c1-33-20-10-3-2-7-16(20)21-17-8-6-9-18(26)24(17)34-14-5-4-12-27-15-29(21)28-13-11-19(30)23(31)22(28)25(27)32/h2-11,13,21,31H,12,14-15H2,1H3/b5-4-/t21-/m1/s1. The fraction of sp³-hybridized carbons (Fsp3) is 0.200. The molecule has 1 aromatic heterocycles.